The molecule has 0 aliphatic carbocycles. The van der Waals surface area contributed by atoms with Gasteiger partial charge >= 0.3 is 6.09 Å². The number of alkyl carbamates (subject to hydrolysis) is 1. The van der Waals surface area contributed by atoms with Gasteiger partial charge in [-0.1, -0.05) is 19.1 Å². The van der Waals surface area contributed by atoms with Crippen LogP contribution in [-0.2, 0) is 14.6 Å². The summed E-state index contributed by atoms with van der Waals surface area (Å²) in [7, 11) is -3.28. The fourth-order valence-corrected chi connectivity index (χ4v) is 2.85. The van der Waals surface area contributed by atoms with E-state index in [4.69, 9.17) is 4.74 Å². The molecule has 0 spiro atoms. The Bertz CT molecular complexity index is 629. The predicted molar refractivity (Wildman–Crippen MR) is 88.0 cm³/mol. The Hall–Kier alpha value is -1.60. The first kappa shape index (κ1) is 19.4. The molecule has 23 heavy (non-hydrogen) atoms. The molecule has 0 heterocycles. The molecule has 1 aromatic rings. The maximum absolute atomic E-state index is 11.9. The van der Waals surface area contributed by atoms with Crippen LogP contribution >= 0.6 is 0 Å². The van der Waals surface area contributed by atoms with E-state index >= 15 is 0 Å². The summed E-state index contributed by atoms with van der Waals surface area (Å²) in [5.74, 6) is 0.0162. The number of aliphatic hydroxyl groups excluding tert-OH is 1. The first-order chi connectivity index (χ1) is 10.5. The summed E-state index contributed by atoms with van der Waals surface area (Å²) in [6.07, 6.45) is -1.51. The van der Waals surface area contributed by atoms with Crippen LogP contribution in [0.2, 0.25) is 0 Å². The fraction of sp³-hybridized carbons (Fsp3) is 0.562. The van der Waals surface area contributed by atoms with E-state index in [-0.39, 0.29) is 10.6 Å². The predicted octanol–water partition coefficient (Wildman–Crippen LogP) is 2.43. The minimum Gasteiger partial charge on any atom is -0.444 e. The Morgan fingerprint density at radius 2 is 1.78 bits per heavy atom. The Morgan fingerprint density at radius 3 is 2.17 bits per heavy atom. The zero-order valence-corrected chi connectivity index (χ0v) is 15.0. The van der Waals surface area contributed by atoms with Crippen molar-refractivity contribution in [3.63, 3.8) is 0 Å². The average Bonchev–Trinajstić information content (AvgIpc) is 2.43. The summed E-state index contributed by atoms with van der Waals surface area (Å²) in [5, 5.41) is 12.5. The van der Waals surface area contributed by atoms with E-state index in [1.165, 1.54) is 12.1 Å². The Morgan fingerprint density at radius 1 is 1.26 bits per heavy atom. The molecule has 0 saturated heterocycles. The van der Waals surface area contributed by atoms with Gasteiger partial charge in [-0.25, -0.2) is 13.2 Å². The summed E-state index contributed by atoms with van der Waals surface area (Å²) >= 11 is 0. The van der Waals surface area contributed by atoms with Gasteiger partial charge in [-0.05, 0) is 45.4 Å². The lowest BCUT2D eigenvalue weighted by molar-refractivity contribution is 0.0436. The smallest absolute Gasteiger partial charge is 0.408 e. The van der Waals surface area contributed by atoms with Crippen LogP contribution in [0, 0.1) is 0 Å². The molecule has 1 amide bonds. The van der Waals surface area contributed by atoms with Crippen molar-refractivity contribution in [3.8, 4) is 0 Å². The second-order valence-electron chi connectivity index (χ2n) is 6.34. The molecule has 0 aromatic heterocycles. The summed E-state index contributed by atoms with van der Waals surface area (Å²) < 4.78 is 28.8. The SMILES string of the molecule is CCS(=O)(=O)c1ccc([C@@H](NC(=O)OC(C)(C)C)[C@@H](C)O)cc1. The molecule has 0 unspecified atom stereocenters. The second-order valence-corrected chi connectivity index (χ2v) is 8.62. The van der Waals surface area contributed by atoms with Gasteiger partial charge in [-0.3, -0.25) is 0 Å². The fourth-order valence-electron chi connectivity index (χ4n) is 1.97. The molecule has 2 atom stereocenters. The summed E-state index contributed by atoms with van der Waals surface area (Å²) in [5.41, 5.74) is -0.0484. The minimum absolute atomic E-state index is 0.0162. The van der Waals surface area contributed by atoms with E-state index in [2.05, 4.69) is 5.32 Å². The Labute approximate surface area is 137 Å². The highest BCUT2D eigenvalue weighted by molar-refractivity contribution is 7.91. The third-order valence-corrected chi connectivity index (χ3v) is 4.88. The van der Waals surface area contributed by atoms with Gasteiger partial charge < -0.3 is 15.2 Å². The van der Waals surface area contributed by atoms with Crippen molar-refractivity contribution in [2.24, 2.45) is 0 Å². The van der Waals surface area contributed by atoms with Crippen molar-refractivity contribution in [1.82, 2.24) is 5.32 Å². The van der Waals surface area contributed by atoms with Crippen LogP contribution in [0.5, 0.6) is 0 Å². The van der Waals surface area contributed by atoms with Crippen LogP contribution < -0.4 is 5.32 Å². The third kappa shape index (κ3) is 5.84. The third-order valence-electron chi connectivity index (χ3n) is 3.13. The molecule has 0 fully saturated rings. The van der Waals surface area contributed by atoms with Gasteiger partial charge in [-0.15, -0.1) is 0 Å². The topological polar surface area (TPSA) is 92.7 Å². The van der Waals surface area contributed by atoms with Gasteiger partial charge in [0.2, 0.25) is 0 Å². The normalized spacial score (nSPS) is 14.9. The molecule has 0 aliphatic heterocycles. The zero-order chi connectivity index (χ0) is 17.8. The van der Waals surface area contributed by atoms with Crippen molar-refractivity contribution in [1.29, 1.82) is 0 Å². The number of benzene rings is 1. The van der Waals surface area contributed by atoms with Crippen LogP contribution in [0.15, 0.2) is 29.2 Å². The summed E-state index contributed by atoms with van der Waals surface area (Å²) in [6, 6.07) is 5.41. The maximum Gasteiger partial charge on any atom is 0.408 e. The molecule has 130 valence electrons. The van der Waals surface area contributed by atoms with Crippen LogP contribution in [-0.4, -0.2) is 37.1 Å². The molecule has 1 aromatic carbocycles. The van der Waals surface area contributed by atoms with Gasteiger partial charge in [-0.2, -0.15) is 0 Å². The van der Waals surface area contributed by atoms with Crippen molar-refractivity contribution >= 4 is 15.9 Å². The lowest BCUT2D eigenvalue weighted by atomic mass is 10.0. The van der Waals surface area contributed by atoms with Crippen molar-refractivity contribution < 1.29 is 23.1 Å². The number of rotatable bonds is 5. The van der Waals surface area contributed by atoms with E-state index < -0.39 is 33.7 Å². The first-order valence-electron chi connectivity index (χ1n) is 7.46. The molecule has 1 rings (SSSR count). The minimum atomic E-state index is -3.28. The maximum atomic E-state index is 11.9. The lowest BCUT2D eigenvalue weighted by Crippen LogP contribution is -2.38. The molecule has 7 heteroatoms. The molecule has 2 N–H and O–H groups in total. The number of carbonyl (C=O) groups excluding carboxylic acids is 1. The molecule has 0 saturated carbocycles. The summed E-state index contributed by atoms with van der Waals surface area (Å²) in [4.78, 5) is 12.1. The van der Waals surface area contributed by atoms with E-state index in [1.807, 2.05) is 0 Å². The molecular weight excluding hydrogens is 318 g/mol. The van der Waals surface area contributed by atoms with Crippen LogP contribution in [0.3, 0.4) is 0 Å². The van der Waals surface area contributed by atoms with E-state index in [0.29, 0.717) is 5.56 Å². The number of amides is 1. The van der Waals surface area contributed by atoms with E-state index in [1.54, 1.807) is 46.8 Å². The highest BCUT2D eigenvalue weighted by atomic mass is 32.2. The largest absolute Gasteiger partial charge is 0.444 e. The van der Waals surface area contributed by atoms with Gasteiger partial charge in [0.15, 0.2) is 9.84 Å². The molecule has 0 aliphatic rings. The van der Waals surface area contributed by atoms with E-state index in [9.17, 15) is 18.3 Å². The first-order valence-corrected chi connectivity index (χ1v) is 9.12. The monoisotopic (exact) mass is 343 g/mol. The second kappa shape index (κ2) is 7.31. The number of carbonyl (C=O) groups is 1. The summed E-state index contributed by atoms with van der Waals surface area (Å²) in [6.45, 7) is 8.35. The number of nitrogens with one attached hydrogen (secondary N) is 1. The van der Waals surface area contributed by atoms with Crippen molar-refractivity contribution in [3.05, 3.63) is 29.8 Å². The number of hydrogen-bond acceptors (Lipinski definition) is 5. The number of aliphatic hydroxyl groups is 1. The average molecular weight is 343 g/mol. The molecule has 6 nitrogen and oxygen atoms in total. The molecule has 0 bridgehead atoms. The van der Waals surface area contributed by atoms with E-state index in [0.717, 1.165) is 0 Å². The van der Waals surface area contributed by atoms with Gasteiger partial charge in [0.05, 0.1) is 22.8 Å². The molecular formula is C16H25NO5S. The standard InChI is InChI=1S/C16H25NO5S/c1-6-23(20,21)13-9-7-12(8-10-13)14(11(2)18)17-15(19)22-16(3,4)5/h7-11,14,18H,6H2,1-5H3,(H,17,19)/t11-,14+/m1/s1. The highest BCUT2D eigenvalue weighted by Crippen LogP contribution is 2.21. The van der Waals surface area contributed by atoms with Gasteiger partial charge in [0.25, 0.3) is 0 Å². The lowest BCUT2D eigenvalue weighted by Gasteiger charge is -2.25. The van der Waals surface area contributed by atoms with Gasteiger partial charge in [0.1, 0.15) is 5.60 Å². The number of hydrogen-bond donors (Lipinski definition) is 2. The molecule has 0 radical (unpaired) electrons. The Kier molecular flexibility index (Phi) is 6.18. The van der Waals surface area contributed by atoms with Crippen molar-refractivity contribution in [2.75, 3.05) is 5.75 Å². The van der Waals surface area contributed by atoms with Gasteiger partial charge in [0, 0.05) is 0 Å². The quantitative estimate of drug-likeness (QED) is 0.856. The van der Waals surface area contributed by atoms with Crippen LogP contribution in [0.1, 0.15) is 46.2 Å². The highest BCUT2D eigenvalue weighted by Gasteiger charge is 2.24. The zero-order valence-electron chi connectivity index (χ0n) is 14.2. The van der Waals surface area contributed by atoms with Crippen LogP contribution in [0.25, 0.3) is 0 Å². The number of ether oxygens (including phenoxy) is 1. The Balaban J connectivity index is 2.97. The van der Waals surface area contributed by atoms with Crippen molar-refractivity contribution in [2.45, 2.75) is 57.3 Å². The number of sulfone groups is 1. The van der Waals surface area contributed by atoms with Crippen LogP contribution in [0.4, 0.5) is 4.79 Å².